The smallest absolute Gasteiger partial charge is 0.246 e. The molecule has 0 aromatic carbocycles. The minimum Gasteiger partial charge on any atom is -0.355 e. The summed E-state index contributed by atoms with van der Waals surface area (Å²) in [6.45, 7) is 0. The number of carbonyl (C=O) groups excluding carboxylic acids is 1. The second-order valence-corrected chi connectivity index (χ2v) is 3.76. The Kier molecular flexibility index (Phi) is 1.91. The molecule has 2 atom stereocenters. The van der Waals surface area contributed by atoms with Crippen LogP contribution in [0.4, 0.5) is 0 Å². The van der Waals surface area contributed by atoms with Crippen molar-refractivity contribution in [1.29, 1.82) is 0 Å². The molecular formula is C10H15NO. The molecule has 2 aliphatic rings. The predicted octanol–water partition coefficient (Wildman–Crippen LogP) is 1.48. The zero-order valence-corrected chi connectivity index (χ0v) is 7.47. The largest absolute Gasteiger partial charge is 0.355 e. The Morgan fingerprint density at radius 3 is 2.92 bits per heavy atom. The van der Waals surface area contributed by atoms with Gasteiger partial charge in [0.05, 0.1) is 0 Å². The highest BCUT2D eigenvalue weighted by Crippen LogP contribution is 2.43. The molecular weight excluding hydrogens is 150 g/mol. The zero-order chi connectivity index (χ0) is 8.55. The van der Waals surface area contributed by atoms with Gasteiger partial charge in [-0.3, -0.25) is 4.79 Å². The van der Waals surface area contributed by atoms with Crippen LogP contribution in [-0.2, 0) is 4.79 Å². The molecule has 1 saturated carbocycles. The van der Waals surface area contributed by atoms with Crippen molar-refractivity contribution in [3.8, 4) is 0 Å². The molecule has 0 bridgehead atoms. The van der Waals surface area contributed by atoms with Crippen LogP contribution in [-0.4, -0.2) is 13.0 Å². The van der Waals surface area contributed by atoms with Crippen molar-refractivity contribution < 1.29 is 4.79 Å². The number of likely N-dealkylation sites (N-methyl/N-ethyl adjacent to an activating group) is 1. The Morgan fingerprint density at radius 1 is 1.50 bits per heavy atom. The van der Waals surface area contributed by atoms with Crippen LogP contribution in [0.15, 0.2) is 11.6 Å². The van der Waals surface area contributed by atoms with E-state index in [-0.39, 0.29) is 5.91 Å². The van der Waals surface area contributed by atoms with Gasteiger partial charge in [-0.2, -0.15) is 0 Å². The summed E-state index contributed by atoms with van der Waals surface area (Å²) in [4.78, 5) is 11.3. The maximum atomic E-state index is 11.3. The Morgan fingerprint density at radius 2 is 2.25 bits per heavy atom. The number of rotatable bonds is 1. The van der Waals surface area contributed by atoms with Gasteiger partial charge in [0.15, 0.2) is 0 Å². The van der Waals surface area contributed by atoms with Crippen LogP contribution >= 0.6 is 0 Å². The summed E-state index contributed by atoms with van der Waals surface area (Å²) < 4.78 is 0. The summed E-state index contributed by atoms with van der Waals surface area (Å²) >= 11 is 0. The lowest BCUT2D eigenvalue weighted by Gasteiger charge is -2.38. The molecule has 66 valence electrons. The van der Waals surface area contributed by atoms with Crippen LogP contribution in [0.25, 0.3) is 0 Å². The second-order valence-electron chi connectivity index (χ2n) is 3.76. The third kappa shape index (κ3) is 1.06. The van der Waals surface area contributed by atoms with E-state index in [0.29, 0.717) is 5.92 Å². The summed E-state index contributed by atoms with van der Waals surface area (Å²) in [5.41, 5.74) is 1.04. The van der Waals surface area contributed by atoms with Gasteiger partial charge in [0.25, 0.3) is 0 Å². The van der Waals surface area contributed by atoms with Gasteiger partial charge < -0.3 is 5.32 Å². The standard InChI is InChI=1S/C10H15NO/c1-11-10(12)9-6-7-4-2-3-5-8(7)9/h6-8H,2-5H2,1H3,(H,11,12). The topological polar surface area (TPSA) is 29.1 Å². The second kappa shape index (κ2) is 2.92. The van der Waals surface area contributed by atoms with Crippen molar-refractivity contribution in [2.75, 3.05) is 7.05 Å². The normalized spacial score (nSPS) is 32.9. The monoisotopic (exact) mass is 165 g/mol. The maximum absolute atomic E-state index is 11.3. The highest BCUT2D eigenvalue weighted by molar-refractivity contribution is 5.95. The molecule has 12 heavy (non-hydrogen) atoms. The highest BCUT2D eigenvalue weighted by atomic mass is 16.1. The summed E-state index contributed by atoms with van der Waals surface area (Å²) in [6.07, 6.45) is 7.33. The zero-order valence-electron chi connectivity index (χ0n) is 7.47. The first-order valence-electron chi connectivity index (χ1n) is 4.76. The summed E-state index contributed by atoms with van der Waals surface area (Å²) in [5, 5.41) is 2.69. The molecule has 1 fully saturated rings. The van der Waals surface area contributed by atoms with Crippen LogP contribution in [0.3, 0.4) is 0 Å². The maximum Gasteiger partial charge on any atom is 0.246 e. The van der Waals surface area contributed by atoms with E-state index >= 15 is 0 Å². The van der Waals surface area contributed by atoms with E-state index in [9.17, 15) is 4.79 Å². The van der Waals surface area contributed by atoms with E-state index in [4.69, 9.17) is 0 Å². The number of amides is 1. The Labute approximate surface area is 73.0 Å². The highest BCUT2D eigenvalue weighted by Gasteiger charge is 2.37. The molecule has 0 aromatic heterocycles. The third-order valence-electron chi connectivity index (χ3n) is 3.10. The average Bonchev–Trinajstić information content (AvgIpc) is 2.07. The van der Waals surface area contributed by atoms with Crippen LogP contribution in [0.5, 0.6) is 0 Å². The average molecular weight is 165 g/mol. The van der Waals surface area contributed by atoms with E-state index in [2.05, 4.69) is 11.4 Å². The predicted molar refractivity (Wildman–Crippen MR) is 47.6 cm³/mol. The summed E-state index contributed by atoms with van der Waals surface area (Å²) in [5.74, 6) is 1.46. The van der Waals surface area contributed by atoms with E-state index in [0.717, 1.165) is 11.5 Å². The van der Waals surface area contributed by atoms with Crippen molar-refractivity contribution >= 4 is 5.91 Å². The van der Waals surface area contributed by atoms with Gasteiger partial charge in [-0.1, -0.05) is 18.9 Å². The molecule has 2 rings (SSSR count). The van der Waals surface area contributed by atoms with Gasteiger partial charge in [-0.15, -0.1) is 0 Å². The molecule has 0 aliphatic heterocycles. The van der Waals surface area contributed by atoms with Crippen LogP contribution in [0, 0.1) is 11.8 Å². The molecule has 0 heterocycles. The fourth-order valence-electron chi connectivity index (χ4n) is 2.37. The van der Waals surface area contributed by atoms with Crippen molar-refractivity contribution in [3.05, 3.63) is 11.6 Å². The molecule has 0 radical (unpaired) electrons. The molecule has 2 heteroatoms. The van der Waals surface area contributed by atoms with Crippen molar-refractivity contribution in [2.45, 2.75) is 25.7 Å². The number of carbonyl (C=O) groups is 1. The third-order valence-corrected chi connectivity index (χ3v) is 3.10. The fourth-order valence-corrected chi connectivity index (χ4v) is 2.37. The Bertz CT molecular complexity index is 232. The first kappa shape index (κ1) is 7.84. The lowest BCUT2D eigenvalue weighted by Crippen LogP contribution is -2.36. The lowest BCUT2D eigenvalue weighted by atomic mass is 9.66. The van der Waals surface area contributed by atoms with Gasteiger partial charge in [-0.25, -0.2) is 0 Å². The fraction of sp³-hybridized carbons (Fsp3) is 0.700. The van der Waals surface area contributed by atoms with Gasteiger partial charge >= 0.3 is 0 Å². The van der Waals surface area contributed by atoms with Gasteiger partial charge in [0.2, 0.25) is 5.91 Å². The van der Waals surface area contributed by atoms with Gasteiger partial charge in [0, 0.05) is 12.6 Å². The van der Waals surface area contributed by atoms with Crippen LogP contribution in [0.1, 0.15) is 25.7 Å². The molecule has 2 unspecified atom stereocenters. The number of allylic oxidation sites excluding steroid dienone is 1. The van der Waals surface area contributed by atoms with Gasteiger partial charge in [0.1, 0.15) is 0 Å². The van der Waals surface area contributed by atoms with E-state index in [1.165, 1.54) is 25.7 Å². The first-order valence-corrected chi connectivity index (χ1v) is 4.76. The summed E-state index contributed by atoms with van der Waals surface area (Å²) in [7, 11) is 1.71. The van der Waals surface area contributed by atoms with E-state index in [1.807, 2.05) is 0 Å². The molecule has 1 N–H and O–H groups in total. The first-order chi connectivity index (χ1) is 5.83. The molecule has 2 aliphatic carbocycles. The molecule has 0 aromatic rings. The SMILES string of the molecule is CNC(=O)C1=CC2CCCCC12. The number of hydrogen-bond donors (Lipinski definition) is 1. The minimum atomic E-state index is 0.137. The van der Waals surface area contributed by atoms with Crippen molar-refractivity contribution in [2.24, 2.45) is 11.8 Å². The number of fused-ring (bicyclic) bond motifs is 1. The quantitative estimate of drug-likeness (QED) is 0.626. The van der Waals surface area contributed by atoms with Crippen LogP contribution < -0.4 is 5.32 Å². The van der Waals surface area contributed by atoms with Crippen molar-refractivity contribution in [1.82, 2.24) is 5.32 Å². The molecule has 0 spiro atoms. The van der Waals surface area contributed by atoms with E-state index in [1.54, 1.807) is 7.05 Å². The Hall–Kier alpha value is -0.790. The summed E-state index contributed by atoms with van der Waals surface area (Å²) in [6, 6.07) is 0. The van der Waals surface area contributed by atoms with Crippen molar-refractivity contribution in [3.63, 3.8) is 0 Å². The lowest BCUT2D eigenvalue weighted by molar-refractivity contribution is -0.118. The molecule has 1 amide bonds. The van der Waals surface area contributed by atoms with E-state index < -0.39 is 0 Å². The molecule has 0 saturated heterocycles. The van der Waals surface area contributed by atoms with Crippen LogP contribution in [0.2, 0.25) is 0 Å². The Balaban J connectivity index is 2.06. The minimum absolute atomic E-state index is 0.137. The number of nitrogens with one attached hydrogen (secondary N) is 1. The number of hydrogen-bond acceptors (Lipinski definition) is 1. The molecule has 2 nitrogen and oxygen atoms in total. The van der Waals surface area contributed by atoms with Gasteiger partial charge in [-0.05, 0) is 24.7 Å².